The molecule has 0 heterocycles. The normalized spacial score (nSPS) is 11.2. The summed E-state index contributed by atoms with van der Waals surface area (Å²) in [6.07, 6.45) is 0. The van der Waals surface area contributed by atoms with Crippen LogP contribution in [0.4, 0.5) is 0 Å². The number of hydrogen-bond donors (Lipinski definition) is 0. The molecule has 0 fully saturated rings. The number of methoxy groups -OCH3 is 3. The quantitative estimate of drug-likeness (QED) is 0.482. The Balaban J connectivity index is 1.84. The van der Waals surface area contributed by atoms with Crippen LogP contribution in [0.25, 0.3) is 0 Å². The first-order valence-electron chi connectivity index (χ1n) is 9.63. The van der Waals surface area contributed by atoms with Crippen LogP contribution in [0.1, 0.15) is 16.7 Å². The summed E-state index contributed by atoms with van der Waals surface area (Å²) in [7, 11) is 2.02. The molecule has 29 heavy (non-hydrogen) atoms. The van der Waals surface area contributed by atoms with E-state index in [-0.39, 0.29) is 0 Å². The van der Waals surface area contributed by atoms with Crippen molar-refractivity contribution in [1.82, 2.24) is 0 Å². The molecular weight excluding hydrogens is 380 g/mol. The maximum atomic E-state index is 14.1. The first-order chi connectivity index (χ1) is 14.0. The van der Waals surface area contributed by atoms with Crippen molar-refractivity contribution in [3.05, 3.63) is 89.5 Å². The second kappa shape index (κ2) is 9.63. The first-order valence-corrected chi connectivity index (χ1v) is 12.2. The Kier molecular flexibility index (Phi) is 6.96. The lowest BCUT2D eigenvalue weighted by Gasteiger charge is -2.24. The molecule has 4 nitrogen and oxygen atoms in total. The van der Waals surface area contributed by atoms with Crippen LogP contribution in [-0.2, 0) is 22.9 Å². The van der Waals surface area contributed by atoms with Gasteiger partial charge in [0.2, 0.25) is 8.32 Å². The molecule has 0 unspecified atom stereocenters. The van der Waals surface area contributed by atoms with E-state index in [1.807, 2.05) is 72.8 Å². The Labute approximate surface area is 173 Å². The van der Waals surface area contributed by atoms with Gasteiger partial charge in [-0.3, -0.25) is 4.80 Å². The van der Waals surface area contributed by atoms with Gasteiger partial charge in [0, 0.05) is 0 Å². The van der Waals surface area contributed by atoms with Gasteiger partial charge in [-0.2, -0.15) is 0 Å². The molecule has 0 aromatic heterocycles. The van der Waals surface area contributed by atoms with Gasteiger partial charge >= 0.3 is 0 Å². The monoisotopic (exact) mass is 407 g/mol. The fourth-order valence-corrected chi connectivity index (χ4v) is 6.85. The van der Waals surface area contributed by atoms with E-state index in [0.29, 0.717) is 18.1 Å². The smallest absolute Gasteiger partial charge is 0.250 e. The van der Waals surface area contributed by atoms with E-state index in [4.69, 9.17) is 14.2 Å². The molecule has 0 aliphatic carbocycles. The molecule has 0 atom stereocenters. The highest BCUT2D eigenvalue weighted by atomic mass is 28.4. The highest BCUT2D eigenvalue weighted by molar-refractivity contribution is 6.70. The van der Waals surface area contributed by atoms with Crippen LogP contribution in [0.3, 0.4) is 0 Å². The van der Waals surface area contributed by atoms with Crippen LogP contribution in [0, 0.1) is 0 Å². The third-order valence-electron chi connectivity index (χ3n) is 5.06. The van der Waals surface area contributed by atoms with Gasteiger partial charge in [0.1, 0.15) is 17.2 Å². The molecular formula is C24H27O4Si. The average Bonchev–Trinajstić information content (AvgIpc) is 2.75. The van der Waals surface area contributed by atoms with Gasteiger partial charge < -0.3 is 14.2 Å². The summed E-state index contributed by atoms with van der Waals surface area (Å²) in [4.78, 5) is 14.1. The Morgan fingerprint density at radius 1 is 0.517 bits per heavy atom. The lowest BCUT2D eigenvalue weighted by Crippen LogP contribution is -2.42. The second-order valence-corrected chi connectivity index (χ2v) is 10.7. The molecule has 5 heteroatoms. The van der Waals surface area contributed by atoms with Crippen LogP contribution >= 0.6 is 0 Å². The van der Waals surface area contributed by atoms with E-state index in [1.54, 1.807) is 21.3 Å². The van der Waals surface area contributed by atoms with Crippen molar-refractivity contribution in [2.75, 3.05) is 21.3 Å². The van der Waals surface area contributed by atoms with Crippen molar-refractivity contribution in [3.8, 4) is 17.2 Å². The second-order valence-electron chi connectivity index (χ2n) is 7.26. The summed E-state index contributed by atoms with van der Waals surface area (Å²) in [6, 6.07) is 25.2. The molecule has 0 spiro atoms. The van der Waals surface area contributed by atoms with E-state index in [0.717, 1.165) is 33.9 Å². The lowest BCUT2D eigenvalue weighted by molar-refractivity contribution is 0.406. The zero-order valence-electron chi connectivity index (χ0n) is 17.2. The van der Waals surface area contributed by atoms with Crippen LogP contribution in [0.2, 0.25) is 0 Å². The zero-order valence-corrected chi connectivity index (χ0v) is 18.2. The molecule has 0 aliphatic rings. The number of rotatable bonds is 9. The van der Waals surface area contributed by atoms with Gasteiger partial charge in [-0.05, 0) is 71.2 Å². The summed E-state index contributed by atoms with van der Waals surface area (Å²) in [5.74, 6) is 2.41. The molecule has 3 aromatic carbocycles. The van der Waals surface area contributed by atoms with Crippen molar-refractivity contribution in [2.45, 2.75) is 18.1 Å². The number of benzene rings is 3. The van der Waals surface area contributed by atoms with Crippen LogP contribution < -0.4 is 14.2 Å². The predicted molar refractivity (Wildman–Crippen MR) is 117 cm³/mol. The topological polar surface area (TPSA) is 47.6 Å². The summed E-state index contributed by atoms with van der Waals surface area (Å²) in [6.45, 7) is 0. The molecule has 0 saturated heterocycles. The molecule has 151 valence electrons. The maximum Gasteiger partial charge on any atom is 0.250 e. The molecule has 1 radical (unpaired) electrons. The third-order valence-corrected chi connectivity index (χ3v) is 8.21. The Hall–Kier alpha value is -2.76. The van der Waals surface area contributed by atoms with Crippen LogP contribution in [0.5, 0.6) is 17.2 Å². The number of ether oxygens (including phenoxy) is 3. The Morgan fingerprint density at radius 2 is 0.759 bits per heavy atom. The van der Waals surface area contributed by atoms with Crippen molar-refractivity contribution in [1.29, 1.82) is 0 Å². The summed E-state index contributed by atoms with van der Waals surface area (Å²) < 4.78 is 15.7. The SMILES string of the molecule is COc1ccc(C[Si]([O])(Cc2ccc(OC)cc2)Cc2ccc(OC)cc2)cc1. The van der Waals surface area contributed by atoms with Crippen molar-refractivity contribution < 1.29 is 19.0 Å². The molecule has 3 rings (SSSR count). The molecule has 0 aliphatic heterocycles. The Morgan fingerprint density at radius 3 is 0.966 bits per heavy atom. The van der Waals surface area contributed by atoms with Crippen LogP contribution in [0.15, 0.2) is 72.8 Å². The molecule has 3 aromatic rings. The lowest BCUT2D eigenvalue weighted by atomic mass is 10.2. The van der Waals surface area contributed by atoms with Gasteiger partial charge in [0.15, 0.2) is 0 Å². The summed E-state index contributed by atoms with van der Waals surface area (Å²) in [5.41, 5.74) is 3.19. The largest absolute Gasteiger partial charge is 0.497 e. The standard InChI is InChI=1S/C24H27O4Si/c1-26-22-10-4-19(5-11-22)16-29(25,17-20-6-12-23(27-2)13-7-20)18-21-8-14-24(28-3)15-9-21/h4-15H,16-18H2,1-3H3. The first kappa shape index (κ1) is 21.0. The fraction of sp³-hybridized carbons (Fsp3) is 0.250. The van der Waals surface area contributed by atoms with Crippen LogP contribution in [-0.4, -0.2) is 29.6 Å². The number of hydrogen-bond acceptors (Lipinski definition) is 3. The molecule has 0 saturated carbocycles. The van der Waals surface area contributed by atoms with Gasteiger partial charge in [0.05, 0.1) is 21.3 Å². The van der Waals surface area contributed by atoms with E-state index < -0.39 is 8.32 Å². The van der Waals surface area contributed by atoms with Crippen molar-refractivity contribution in [3.63, 3.8) is 0 Å². The maximum absolute atomic E-state index is 14.1. The molecule has 0 N–H and O–H groups in total. The minimum Gasteiger partial charge on any atom is -0.497 e. The van der Waals surface area contributed by atoms with Gasteiger partial charge in [0.25, 0.3) is 0 Å². The van der Waals surface area contributed by atoms with Gasteiger partial charge in [-0.25, -0.2) is 0 Å². The van der Waals surface area contributed by atoms with Crippen molar-refractivity contribution >= 4 is 8.32 Å². The van der Waals surface area contributed by atoms with Gasteiger partial charge in [-0.1, -0.05) is 36.4 Å². The van der Waals surface area contributed by atoms with E-state index >= 15 is 0 Å². The minimum absolute atomic E-state index is 0.565. The minimum atomic E-state index is -2.93. The summed E-state index contributed by atoms with van der Waals surface area (Å²) in [5, 5.41) is 0. The van der Waals surface area contributed by atoms with Gasteiger partial charge in [-0.15, -0.1) is 0 Å². The third kappa shape index (κ3) is 5.86. The average molecular weight is 408 g/mol. The van der Waals surface area contributed by atoms with E-state index in [2.05, 4.69) is 0 Å². The van der Waals surface area contributed by atoms with Crippen molar-refractivity contribution in [2.24, 2.45) is 0 Å². The van der Waals surface area contributed by atoms with E-state index in [1.165, 1.54) is 0 Å². The summed E-state index contributed by atoms with van der Waals surface area (Å²) >= 11 is 0. The molecule has 0 amide bonds. The molecule has 0 bridgehead atoms. The highest BCUT2D eigenvalue weighted by Gasteiger charge is 2.35. The van der Waals surface area contributed by atoms with E-state index in [9.17, 15) is 4.80 Å². The zero-order chi connectivity index (χ0) is 20.7. The highest BCUT2D eigenvalue weighted by Crippen LogP contribution is 2.24. The fourth-order valence-electron chi connectivity index (χ4n) is 3.53. The predicted octanol–water partition coefficient (Wildman–Crippen LogP) is 4.73. The Bertz CT molecular complexity index is 769.